The predicted octanol–water partition coefficient (Wildman–Crippen LogP) is 3.10. The Hall–Kier alpha value is -2.60. The number of amides is 1. The van der Waals surface area contributed by atoms with E-state index in [1.807, 2.05) is 18.2 Å². The Kier molecular flexibility index (Phi) is 7.87. The molecule has 0 aliphatic carbocycles. The molecule has 1 amide bonds. The molecule has 0 saturated carbocycles. The van der Waals surface area contributed by atoms with E-state index in [1.165, 1.54) is 6.07 Å². The minimum atomic E-state index is -0.243. The van der Waals surface area contributed by atoms with Gasteiger partial charge in [-0.3, -0.25) is 9.69 Å². The highest BCUT2D eigenvalue weighted by atomic mass is 19.1. The van der Waals surface area contributed by atoms with E-state index in [4.69, 9.17) is 4.74 Å². The summed E-state index contributed by atoms with van der Waals surface area (Å²) in [7, 11) is 1.71. The topological polar surface area (TPSA) is 44.8 Å². The zero-order valence-electron chi connectivity index (χ0n) is 17.1. The maximum Gasteiger partial charge on any atom is 0.220 e. The van der Waals surface area contributed by atoms with E-state index >= 15 is 0 Å². The summed E-state index contributed by atoms with van der Waals surface area (Å²) in [5.41, 5.74) is 1.74. The lowest BCUT2D eigenvalue weighted by Gasteiger charge is -2.36. The number of carbonyl (C=O) groups excluding carboxylic acids is 1. The number of methoxy groups -OCH3 is 1. The maximum absolute atomic E-state index is 13.6. The fraction of sp³-hybridized carbons (Fsp3) is 0.435. The van der Waals surface area contributed by atoms with E-state index in [1.54, 1.807) is 25.3 Å². The number of hydrogen-bond acceptors (Lipinski definition) is 4. The molecule has 0 aromatic heterocycles. The summed E-state index contributed by atoms with van der Waals surface area (Å²) in [6.45, 7) is 5.56. The van der Waals surface area contributed by atoms with Gasteiger partial charge in [-0.05, 0) is 43.1 Å². The van der Waals surface area contributed by atoms with Crippen LogP contribution in [-0.2, 0) is 11.2 Å². The van der Waals surface area contributed by atoms with E-state index in [0.717, 1.165) is 50.6 Å². The van der Waals surface area contributed by atoms with Crippen LogP contribution < -0.4 is 15.0 Å². The Bertz CT molecular complexity index is 791. The molecule has 1 aliphatic heterocycles. The average molecular weight is 400 g/mol. The Morgan fingerprint density at radius 1 is 1.07 bits per heavy atom. The van der Waals surface area contributed by atoms with Gasteiger partial charge in [0.15, 0.2) is 0 Å². The van der Waals surface area contributed by atoms with Gasteiger partial charge in [0.05, 0.1) is 12.8 Å². The lowest BCUT2D eigenvalue weighted by atomic mass is 10.1. The van der Waals surface area contributed by atoms with Gasteiger partial charge in [-0.1, -0.05) is 30.3 Å². The van der Waals surface area contributed by atoms with Crippen molar-refractivity contribution in [2.24, 2.45) is 0 Å². The van der Waals surface area contributed by atoms with E-state index in [-0.39, 0.29) is 11.7 Å². The second-order valence-corrected chi connectivity index (χ2v) is 7.30. The molecule has 1 heterocycles. The predicted molar refractivity (Wildman–Crippen MR) is 114 cm³/mol. The van der Waals surface area contributed by atoms with Gasteiger partial charge >= 0.3 is 0 Å². The monoisotopic (exact) mass is 399 g/mol. The normalized spacial score (nSPS) is 14.6. The number of anilines is 1. The summed E-state index contributed by atoms with van der Waals surface area (Å²) < 4.78 is 19.0. The van der Waals surface area contributed by atoms with E-state index in [9.17, 15) is 9.18 Å². The van der Waals surface area contributed by atoms with Crippen LogP contribution in [0.25, 0.3) is 0 Å². The van der Waals surface area contributed by atoms with Gasteiger partial charge in [-0.25, -0.2) is 4.39 Å². The molecule has 0 atom stereocenters. The molecule has 0 bridgehead atoms. The molecule has 2 aromatic rings. The molecule has 5 nitrogen and oxygen atoms in total. The molecule has 1 fully saturated rings. The minimum absolute atomic E-state index is 0.0192. The summed E-state index contributed by atoms with van der Waals surface area (Å²) in [5, 5.41) is 2.95. The second kappa shape index (κ2) is 10.8. The molecule has 0 spiro atoms. The number of aryl methyl sites for hydroxylation is 1. The quantitative estimate of drug-likeness (QED) is 0.658. The highest BCUT2D eigenvalue weighted by Crippen LogP contribution is 2.28. The Morgan fingerprint density at radius 2 is 1.79 bits per heavy atom. The summed E-state index contributed by atoms with van der Waals surface area (Å²) in [5.74, 6) is 0.654. The van der Waals surface area contributed by atoms with Gasteiger partial charge in [0, 0.05) is 39.1 Å². The van der Waals surface area contributed by atoms with Crippen molar-refractivity contribution in [3.63, 3.8) is 0 Å². The van der Waals surface area contributed by atoms with Crippen molar-refractivity contribution in [1.29, 1.82) is 0 Å². The smallest absolute Gasteiger partial charge is 0.220 e. The van der Waals surface area contributed by atoms with Crippen LogP contribution in [-0.4, -0.2) is 57.2 Å². The number of hydrogen-bond donors (Lipinski definition) is 1. The first kappa shape index (κ1) is 21.1. The molecule has 29 heavy (non-hydrogen) atoms. The molecular weight excluding hydrogens is 369 g/mol. The van der Waals surface area contributed by atoms with E-state index in [2.05, 4.69) is 21.2 Å². The number of nitrogens with one attached hydrogen (secondary N) is 1. The second-order valence-electron chi connectivity index (χ2n) is 7.30. The number of halogens is 1. The number of rotatable bonds is 9. The van der Waals surface area contributed by atoms with Crippen LogP contribution in [0.15, 0.2) is 48.5 Å². The molecule has 0 unspecified atom stereocenters. The average Bonchev–Trinajstić information content (AvgIpc) is 2.76. The van der Waals surface area contributed by atoms with Crippen molar-refractivity contribution < 1.29 is 13.9 Å². The van der Waals surface area contributed by atoms with Gasteiger partial charge in [0.1, 0.15) is 11.6 Å². The van der Waals surface area contributed by atoms with Crippen molar-refractivity contribution in [3.05, 3.63) is 59.9 Å². The van der Waals surface area contributed by atoms with Gasteiger partial charge in [0.2, 0.25) is 5.91 Å². The van der Waals surface area contributed by atoms with Gasteiger partial charge < -0.3 is 15.0 Å². The Labute approximate surface area is 172 Å². The molecule has 1 aliphatic rings. The van der Waals surface area contributed by atoms with Gasteiger partial charge in [0.25, 0.3) is 0 Å². The van der Waals surface area contributed by atoms with Crippen molar-refractivity contribution in [2.75, 3.05) is 51.3 Å². The minimum Gasteiger partial charge on any atom is -0.495 e. The summed E-state index contributed by atoms with van der Waals surface area (Å²) in [4.78, 5) is 16.8. The molecule has 1 N–H and O–H groups in total. The maximum atomic E-state index is 13.6. The zero-order valence-corrected chi connectivity index (χ0v) is 17.1. The molecule has 2 aromatic carbocycles. The molecule has 1 saturated heterocycles. The summed E-state index contributed by atoms with van der Waals surface area (Å²) >= 11 is 0. The van der Waals surface area contributed by atoms with Crippen LogP contribution in [0.3, 0.4) is 0 Å². The van der Waals surface area contributed by atoms with Crippen LogP contribution in [0.1, 0.15) is 18.4 Å². The van der Waals surface area contributed by atoms with E-state index < -0.39 is 0 Å². The highest BCUT2D eigenvalue weighted by Gasteiger charge is 2.19. The van der Waals surface area contributed by atoms with Crippen molar-refractivity contribution in [3.8, 4) is 5.75 Å². The largest absolute Gasteiger partial charge is 0.495 e. The van der Waals surface area contributed by atoms with Crippen molar-refractivity contribution in [2.45, 2.75) is 19.3 Å². The van der Waals surface area contributed by atoms with Gasteiger partial charge in [-0.2, -0.15) is 0 Å². The molecule has 156 valence electrons. The lowest BCUT2D eigenvalue weighted by molar-refractivity contribution is -0.121. The van der Waals surface area contributed by atoms with Crippen molar-refractivity contribution >= 4 is 11.6 Å². The Balaban J connectivity index is 1.31. The highest BCUT2D eigenvalue weighted by molar-refractivity contribution is 5.76. The van der Waals surface area contributed by atoms with Crippen LogP contribution in [0.5, 0.6) is 5.75 Å². The third-order valence-electron chi connectivity index (χ3n) is 5.35. The number of ether oxygens (including phenoxy) is 1. The number of nitrogens with zero attached hydrogens (tertiary/aromatic N) is 2. The fourth-order valence-corrected chi connectivity index (χ4v) is 3.67. The fourth-order valence-electron chi connectivity index (χ4n) is 3.67. The van der Waals surface area contributed by atoms with Crippen LogP contribution in [0.4, 0.5) is 10.1 Å². The third-order valence-corrected chi connectivity index (χ3v) is 5.35. The number of piperazine rings is 1. The Morgan fingerprint density at radius 3 is 2.55 bits per heavy atom. The third kappa shape index (κ3) is 6.19. The molecular formula is C23H30FN3O2. The zero-order chi connectivity index (χ0) is 20.5. The standard InChI is InChI=1S/C23H30FN3O2/c1-29-22-10-5-4-9-21(22)27-17-15-26(16-18-27)14-6-13-25-23(28)12-11-19-7-2-3-8-20(19)24/h2-5,7-10H,6,11-18H2,1H3,(H,25,28). The first-order valence-electron chi connectivity index (χ1n) is 10.3. The molecule has 0 radical (unpaired) electrons. The summed E-state index contributed by atoms with van der Waals surface area (Å²) in [6.07, 6.45) is 1.67. The molecule has 3 rings (SSSR count). The number of para-hydroxylation sites is 2. The molecule has 6 heteroatoms. The lowest BCUT2D eigenvalue weighted by Crippen LogP contribution is -2.47. The SMILES string of the molecule is COc1ccccc1N1CCN(CCCNC(=O)CCc2ccccc2F)CC1. The first-order chi connectivity index (χ1) is 14.2. The van der Waals surface area contributed by atoms with Crippen LogP contribution >= 0.6 is 0 Å². The summed E-state index contributed by atoms with van der Waals surface area (Å²) in [6, 6.07) is 14.7. The van der Waals surface area contributed by atoms with Crippen molar-refractivity contribution in [1.82, 2.24) is 10.2 Å². The first-order valence-corrected chi connectivity index (χ1v) is 10.3. The van der Waals surface area contributed by atoms with Gasteiger partial charge in [-0.15, -0.1) is 0 Å². The van der Waals surface area contributed by atoms with Crippen LogP contribution in [0, 0.1) is 5.82 Å². The van der Waals surface area contributed by atoms with E-state index in [0.29, 0.717) is 24.9 Å². The number of benzene rings is 2. The van der Waals surface area contributed by atoms with Crippen LogP contribution in [0.2, 0.25) is 0 Å². The number of carbonyl (C=O) groups is 1.